The summed E-state index contributed by atoms with van der Waals surface area (Å²) in [6.45, 7) is 7.06. The number of aliphatic hydroxyl groups is 1. The molecule has 4 unspecified atom stereocenters. The lowest BCUT2D eigenvalue weighted by Gasteiger charge is -2.51. The summed E-state index contributed by atoms with van der Waals surface area (Å²) in [5.41, 5.74) is 0.218. The van der Waals surface area contributed by atoms with E-state index in [1.807, 2.05) is 0 Å². The lowest BCUT2D eigenvalue weighted by atomic mass is 9.53. The van der Waals surface area contributed by atoms with Crippen molar-refractivity contribution in [3.05, 3.63) is 0 Å². The fraction of sp³-hybridized carbons (Fsp3) is 0.920. The molecule has 3 aliphatic rings. The zero-order chi connectivity index (χ0) is 21.2. The average Bonchev–Trinajstić information content (AvgIpc) is 3.05. The molecule has 4 heteroatoms. The summed E-state index contributed by atoms with van der Waals surface area (Å²) < 4.78 is 4.85. The molecule has 0 aromatic heterocycles. The second-order valence-electron chi connectivity index (χ2n) is 10.7. The maximum atomic E-state index is 13.4. The second-order valence-corrected chi connectivity index (χ2v) is 10.7. The van der Waals surface area contributed by atoms with Crippen LogP contribution in [-0.4, -0.2) is 30.1 Å². The molecule has 3 saturated carbocycles. The highest BCUT2D eigenvalue weighted by Gasteiger charge is 2.56. The standard InChI is InChI=1S/C25H42O4/c1-16-8-10-18(26)6-5-7-22(27)24-19(16)14-15-25(3)20(11-12-21(24)25)17(2)9-13-23(28)29-4/h16-21,24,26H,5-15H2,1-4H3/t16-,17+,18-,19?,20?,21?,24?,25+/m0/s1. The van der Waals surface area contributed by atoms with Crippen LogP contribution in [0.3, 0.4) is 0 Å². The number of methoxy groups -OCH3 is 1. The van der Waals surface area contributed by atoms with Crippen LogP contribution in [0.25, 0.3) is 0 Å². The molecule has 0 aliphatic heterocycles. The van der Waals surface area contributed by atoms with Gasteiger partial charge in [0, 0.05) is 18.8 Å². The van der Waals surface area contributed by atoms with Gasteiger partial charge in [0.2, 0.25) is 0 Å². The van der Waals surface area contributed by atoms with E-state index in [0.717, 1.165) is 44.9 Å². The number of Topliss-reactive ketones (excluding diaryl/α,β-unsaturated/α-hetero) is 1. The number of rotatable bonds is 4. The van der Waals surface area contributed by atoms with Crippen molar-refractivity contribution in [3.63, 3.8) is 0 Å². The molecule has 0 heterocycles. The Morgan fingerprint density at radius 1 is 1.21 bits per heavy atom. The topological polar surface area (TPSA) is 63.6 Å². The molecule has 0 aromatic carbocycles. The van der Waals surface area contributed by atoms with E-state index in [-0.39, 0.29) is 23.4 Å². The number of carbonyl (C=O) groups is 2. The summed E-state index contributed by atoms with van der Waals surface area (Å²) in [5.74, 6) is 3.13. The number of fused-ring (bicyclic) bond motifs is 3. The van der Waals surface area contributed by atoms with E-state index in [9.17, 15) is 14.7 Å². The van der Waals surface area contributed by atoms with Crippen LogP contribution < -0.4 is 0 Å². The summed E-state index contributed by atoms with van der Waals surface area (Å²) >= 11 is 0. The molecule has 0 aromatic rings. The zero-order valence-electron chi connectivity index (χ0n) is 19.0. The Morgan fingerprint density at radius 2 is 1.97 bits per heavy atom. The lowest BCUT2D eigenvalue weighted by molar-refractivity contribution is -0.141. The van der Waals surface area contributed by atoms with Crippen molar-refractivity contribution in [1.29, 1.82) is 0 Å². The molecule has 8 atom stereocenters. The number of hydrogen-bond acceptors (Lipinski definition) is 4. The fourth-order valence-corrected chi connectivity index (χ4v) is 7.39. The van der Waals surface area contributed by atoms with Crippen LogP contribution in [0.15, 0.2) is 0 Å². The first-order valence-electron chi connectivity index (χ1n) is 12.1. The molecule has 3 fully saturated rings. The quantitative estimate of drug-likeness (QED) is 0.655. The molecule has 4 nitrogen and oxygen atoms in total. The Labute approximate surface area is 177 Å². The number of ether oxygens (including phenoxy) is 1. The molecule has 29 heavy (non-hydrogen) atoms. The molecule has 0 radical (unpaired) electrons. The first kappa shape index (κ1) is 22.8. The molecule has 0 spiro atoms. The third-order valence-electron chi connectivity index (χ3n) is 9.13. The number of ketones is 1. The zero-order valence-corrected chi connectivity index (χ0v) is 19.0. The number of esters is 1. The Morgan fingerprint density at radius 3 is 2.69 bits per heavy atom. The van der Waals surface area contributed by atoms with Gasteiger partial charge >= 0.3 is 5.97 Å². The van der Waals surface area contributed by atoms with Gasteiger partial charge < -0.3 is 9.84 Å². The van der Waals surface area contributed by atoms with Gasteiger partial charge in [-0.15, -0.1) is 0 Å². The van der Waals surface area contributed by atoms with Crippen molar-refractivity contribution < 1.29 is 19.4 Å². The molecule has 0 amide bonds. The van der Waals surface area contributed by atoms with E-state index < -0.39 is 0 Å². The van der Waals surface area contributed by atoms with E-state index in [0.29, 0.717) is 48.2 Å². The van der Waals surface area contributed by atoms with Crippen LogP contribution in [0, 0.1) is 40.9 Å². The monoisotopic (exact) mass is 406 g/mol. The number of carbonyl (C=O) groups excluding carboxylic acids is 2. The maximum Gasteiger partial charge on any atom is 0.305 e. The predicted molar refractivity (Wildman–Crippen MR) is 114 cm³/mol. The van der Waals surface area contributed by atoms with Gasteiger partial charge in [0.1, 0.15) is 5.78 Å². The summed E-state index contributed by atoms with van der Waals surface area (Å²) in [4.78, 5) is 25.0. The van der Waals surface area contributed by atoms with Gasteiger partial charge in [-0.3, -0.25) is 9.59 Å². The van der Waals surface area contributed by atoms with E-state index in [4.69, 9.17) is 4.74 Å². The number of aliphatic hydroxyl groups excluding tert-OH is 1. The van der Waals surface area contributed by atoms with Crippen molar-refractivity contribution in [1.82, 2.24) is 0 Å². The van der Waals surface area contributed by atoms with E-state index in [1.165, 1.54) is 20.0 Å². The van der Waals surface area contributed by atoms with Crippen LogP contribution in [0.2, 0.25) is 0 Å². The minimum Gasteiger partial charge on any atom is -0.469 e. The molecule has 3 aliphatic carbocycles. The van der Waals surface area contributed by atoms with E-state index in [2.05, 4.69) is 20.8 Å². The number of hydrogen-bond donors (Lipinski definition) is 1. The Hall–Kier alpha value is -0.900. The highest BCUT2D eigenvalue weighted by molar-refractivity contribution is 5.82. The normalized spacial score (nSPS) is 41.9. The smallest absolute Gasteiger partial charge is 0.305 e. The third kappa shape index (κ3) is 4.73. The van der Waals surface area contributed by atoms with Crippen LogP contribution in [-0.2, 0) is 14.3 Å². The van der Waals surface area contributed by atoms with E-state index >= 15 is 0 Å². The van der Waals surface area contributed by atoms with Crippen molar-refractivity contribution in [2.75, 3.05) is 7.11 Å². The van der Waals surface area contributed by atoms with Crippen LogP contribution in [0.5, 0.6) is 0 Å². The molecule has 0 bridgehead atoms. The summed E-state index contributed by atoms with van der Waals surface area (Å²) in [6.07, 6.45) is 10.0. The minimum atomic E-state index is -0.234. The molecule has 3 rings (SSSR count). The summed E-state index contributed by atoms with van der Waals surface area (Å²) in [6, 6.07) is 0. The molecular formula is C25H42O4. The lowest BCUT2D eigenvalue weighted by Crippen LogP contribution is -2.47. The van der Waals surface area contributed by atoms with Gasteiger partial charge in [-0.05, 0) is 92.8 Å². The molecular weight excluding hydrogens is 364 g/mol. The highest BCUT2D eigenvalue weighted by Crippen LogP contribution is 2.62. The Kier molecular flexibility index (Phi) is 7.46. The van der Waals surface area contributed by atoms with Gasteiger partial charge in [-0.2, -0.15) is 0 Å². The SMILES string of the molecule is COC(=O)CC[C@@H](C)C1CCC2C3C(=O)CCC[C@H](O)CC[C@H](C)C3CC[C@@]21C. The van der Waals surface area contributed by atoms with Gasteiger partial charge in [0.15, 0.2) is 0 Å². The van der Waals surface area contributed by atoms with Crippen molar-refractivity contribution in [3.8, 4) is 0 Å². The van der Waals surface area contributed by atoms with Gasteiger partial charge in [0.25, 0.3) is 0 Å². The van der Waals surface area contributed by atoms with Gasteiger partial charge in [0.05, 0.1) is 13.2 Å². The molecule has 0 saturated heterocycles. The van der Waals surface area contributed by atoms with Gasteiger partial charge in [-0.25, -0.2) is 0 Å². The van der Waals surface area contributed by atoms with Crippen LogP contribution in [0.4, 0.5) is 0 Å². The predicted octanol–water partition coefficient (Wildman–Crippen LogP) is 5.16. The second kappa shape index (κ2) is 9.49. The largest absolute Gasteiger partial charge is 0.469 e. The van der Waals surface area contributed by atoms with Crippen molar-refractivity contribution >= 4 is 11.8 Å². The van der Waals surface area contributed by atoms with Crippen molar-refractivity contribution in [2.24, 2.45) is 40.9 Å². The van der Waals surface area contributed by atoms with E-state index in [1.54, 1.807) is 0 Å². The average molecular weight is 407 g/mol. The summed E-state index contributed by atoms with van der Waals surface area (Å²) in [5, 5.41) is 10.2. The molecule has 1 N–H and O–H groups in total. The summed E-state index contributed by atoms with van der Waals surface area (Å²) in [7, 11) is 1.46. The highest BCUT2D eigenvalue weighted by atomic mass is 16.5. The molecule has 166 valence electrons. The first-order valence-corrected chi connectivity index (χ1v) is 12.1. The Balaban J connectivity index is 1.77. The van der Waals surface area contributed by atoms with Crippen LogP contribution in [0.1, 0.15) is 91.4 Å². The van der Waals surface area contributed by atoms with Crippen molar-refractivity contribution in [2.45, 2.75) is 97.5 Å². The Bertz CT molecular complexity index is 587. The van der Waals surface area contributed by atoms with Gasteiger partial charge in [-0.1, -0.05) is 20.8 Å². The maximum absolute atomic E-state index is 13.4. The fourth-order valence-electron chi connectivity index (χ4n) is 7.39. The third-order valence-corrected chi connectivity index (χ3v) is 9.13. The minimum absolute atomic E-state index is 0.112. The first-order chi connectivity index (χ1) is 13.8. The van der Waals surface area contributed by atoms with Crippen LogP contribution >= 0.6 is 0 Å².